The number of halogens is 1. The van der Waals surface area contributed by atoms with Gasteiger partial charge in [0, 0.05) is 11.5 Å². The third-order valence-electron chi connectivity index (χ3n) is 3.43. The first-order valence-electron chi connectivity index (χ1n) is 7.80. The average Bonchev–Trinajstić information content (AvgIpc) is 3.26. The Morgan fingerprint density at radius 1 is 1.30 bits per heavy atom. The van der Waals surface area contributed by atoms with Crippen LogP contribution in [0, 0.1) is 6.92 Å². The van der Waals surface area contributed by atoms with Crippen LogP contribution in [0.2, 0.25) is 5.02 Å². The third kappa shape index (κ3) is 5.12. The van der Waals surface area contributed by atoms with E-state index in [1.807, 2.05) is 18.2 Å². The Bertz CT molecular complexity index is 959. The zero-order valence-corrected chi connectivity index (χ0v) is 16.5. The highest BCUT2D eigenvalue weighted by atomic mass is 35.5. The summed E-state index contributed by atoms with van der Waals surface area (Å²) >= 11 is 8.81. The van der Waals surface area contributed by atoms with Gasteiger partial charge in [0.25, 0.3) is 5.91 Å². The number of hydrogen-bond acceptors (Lipinski definition) is 8. The van der Waals surface area contributed by atoms with E-state index in [1.54, 1.807) is 24.1 Å². The van der Waals surface area contributed by atoms with E-state index < -0.39 is 12.0 Å². The molecule has 0 aliphatic heterocycles. The Balaban J connectivity index is 1.32. The largest absolute Gasteiger partial charge is 0.447 e. The number of nitrogens with zero attached hydrogens (tertiary/aromatic N) is 2. The highest BCUT2D eigenvalue weighted by Crippen LogP contribution is 2.26. The molecule has 0 atom stereocenters. The van der Waals surface area contributed by atoms with Crippen molar-refractivity contribution >= 4 is 57.7 Å². The summed E-state index contributed by atoms with van der Waals surface area (Å²) in [7, 11) is 0. The molecule has 8 nitrogen and oxygen atoms in total. The number of thiophene rings is 1. The van der Waals surface area contributed by atoms with Crippen LogP contribution in [0.4, 0.5) is 4.79 Å². The molecule has 0 spiro atoms. The van der Waals surface area contributed by atoms with Crippen molar-refractivity contribution < 1.29 is 19.0 Å². The van der Waals surface area contributed by atoms with Crippen molar-refractivity contribution in [1.29, 1.82) is 0 Å². The lowest BCUT2D eigenvalue weighted by molar-refractivity contribution is 0.0917. The Morgan fingerprint density at radius 3 is 2.89 bits per heavy atom. The third-order valence-corrected chi connectivity index (χ3v) is 6.12. The monoisotopic (exact) mass is 426 g/mol. The van der Waals surface area contributed by atoms with Crippen LogP contribution in [-0.4, -0.2) is 34.7 Å². The summed E-state index contributed by atoms with van der Waals surface area (Å²) in [6.07, 6.45) is -0.733. The first kappa shape index (κ1) is 19.5. The van der Waals surface area contributed by atoms with Gasteiger partial charge in [0.05, 0.1) is 5.02 Å². The van der Waals surface area contributed by atoms with Gasteiger partial charge in [-0.15, -0.1) is 11.3 Å². The zero-order chi connectivity index (χ0) is 19.2. The SMILES string of the molecule is Cc1csc(C(=O)NNC(=O)OCCSCc2ccc3nonc3c2)c1Cl. The molecule has 2 N–H and O–H groups in total. The Morgan fingerprint density at radius 2 is 2.11 bits per heavy atom. The van der Waals surface area contributed by atoms with Crippen LogP contribution in [0.5, 0.6) is 0 Å². The van der Waals surface area contributed by atoms with Crippen LogP contribution >= 0.6 is 34.7 Å². The first-order valence-corrected chi connectivity index (χ1v) is 10.2. The summed E-state index contributed by atoms with van der Waals surface area (Å²) in [6.45, 7) is 2.01. The molecule has 0 saturated heterocycles. The number of aromatic nitrogens is 2. The molecule has 2 heterocycles. The fourth-order valence-corrected chi connectivity index (χ4v) is 4.02. The van der Waals surface area contributed by atoms with Crippen molar-refractivity contribution in [3.63, 3.8) is 0 Å². The van der Waals surface area contributed by atoms with Gasteiger partial charge in [-0.2, -0.15) is 11.8 Å². The Kier molecular flexibility index (Phi) is 6.54. The molecule has 11 heteroatoms. The number of amides is 2. The highest BCUT2D eigenvalue weighted by Gasteiger charge is 2.15. The van der Waals surface area contributed by atoms with E-state index in [9.17, 15) is 9.59 Å². The van der Waals surface area contributed by atoms with Crippen LogP contribution < -0.4 is 10.9 Å². The van der Waals surface area contributed by atoms with E-state index in [2.05, 4.69) is 25.8 Å². The van der Waals surface area contributed by atoms with Crippen molar-refractivity contribution in [2.45, 2.75) is 12.7 Å². The van der Waals surface area contributed by atoms with Gasteiger partial charge in [0.1, 0.15) is 22.5 Å². The molecule has 0 unspecified atom stereocenters. The maximum absolute atomic E-state index is 11.9. The van der Waals surface area contributed by atoms with Gasteiger partial charge < -0.3 is 4.74 Å². The van der Waals surface area contributed by atoms with E-state index in [0.717, 1.165) is 16.9 Å². The molecular weight excluding hydrogens is 412 g/mol. The molecule has 1 aromatic carbocycles. The topological polar surface area (TPSA) is 106 Å². The van der Waals surface area contributed by atoms with Gasteiger partial charge in [-0.1, -0.05) is 17.7 Å². The normalized spacial score (nSPS) is 10.7. The number of carbonyl (C=O) groups excluding carboxylic acids is 2. The zero-order valence-electron chi connectivity index (χ0n) is 14.2. The standard InChI is InChI=1S/C16H15ClN4O4S2/c1-9-7-27-14(13(9)17)15(22)18-19-16(23)24-4-5-26-8-10-2-3-11-12(6-10)21-25-20-11/h2-3,6-7H,4-5,8H2,1H3,(H,18,22)(H,19,23). The summed E-state index contributed by atoms with van der Waals surface area (Å²) < 4.78 is 9.66. The van der Waals surface area contributed by atoms with E-state index in [0.29, 0.717) is 26.7 Å². The summed E-state index contributed by atoms with van der Waals surface area (Å²) in [5, 5.41) is 9.69. The van der Waals surface area contributed by atoms with Gasteiger partial charge in [-0.3, -0.25) is 10.2 Å². The Labute approximate surface area is 167 Å². The smallest absolute Gasteiger partial charge is 0.426 e. The van der Waals surface area contributed by atoms with Gasteiger partial charge in [-0.05, 0) is 45.9 Å². The second-order valence-corrected chi connectivity index (χ2v) is 7.78. The van der Waals surface area contributed by atoms with E-state index in [1.165, 1.54) is 11.3 Å². The number of rotatable bonds is 6. The second-order valence-electron chi connectivity index (χ2n) is 5.42. The molecule has 3 rings (SSSR count). The summed E-state index contributed by atoms with van der Waals surface area (Å²) in [4.78, 5) is 23.9. The lowest BCUT2D eigenvalue weighted by Gasteiger charge is -2.08. The molecule has 0 radical (unpaired) electrons. The lowest BCUT2D eigenvalue weighted by atomic mass is 10.2. The van der Waals surface area contributed by atoms with Crippen molar-refractivity contribution in [3.05, 3.63) is 44.6 Å². The number of benzene rings is 1. The predicted octanol–water partition coefficient (Wildman–Crippen LogP) is 3.55. The van der Waals surface area contributed by atoms with Gasteiger partial charge in [0.2, 0.25) is 0 Å². The minimum atomic E-state index is -0.733. The van der Waals surface area contributed by atoms with Crippen molar-refractivity contribution in [1.82, 2.24) is 21.2 Å². The maximum Gasteiger partial charge on any atom is 0.426 e. The quantitative estimate of drug-likeness (QED) is 0.458. The molecule has 27 heavy (non-hydrogen) atoms. The van der Waals surface area contributed by atoms with Gasteiger partial charge >= 0.3 is 6.09 Å². The molecule has 3 aromatic rings. The van der Waals surface area contributed by atoms with Crippen LogP contribution in [0.15, 0.2) is 28.2 Å². The van der Waals surface area contributed by atoms with Crippen molar-refractivity contribution in [2.75, 3.05) is 12.4 Å². The van der Waals surface area contributed by atoms with Crippen LogP contribution in [-0.2, 0) is 10.5 Å². The summed E-state index contributed by atoms with van der Waals surface area (Å²) in [5.41, 5.74) is 7.77. The number of carbonyl (C=O) groups is 2. The predicted molar refractivity (Wildman–Crippen MR) is 104 cm³/mol. The molecular formula is C16H15ClN4O4S2. The minimum absolute atomic E-state index is 0.207. The van der Waals surface area contributed by atoms with Crippen LogP contribution in [0.25, 0.3) is 11.0 Å². The molecule has 0 aliphatic rings. The molecule has 2 aromatic heterocycles. The maximum atomic E-state index is 11.9. The number of aryl methyl sites for hydroxylation is 1. The van der Waals surface area contributed by atoms with E-state index in [-0.39, 0.29) is 6.61 Å². The molecule has 0 aliphatic carbocycles. The summed E-state index contributed by atoms with van der Waals surface area (Å²) in [6, 6.07) is 5.69. The van der Waals surface area contributed by atoms with Crippen LogP contribution in [0.3, 0.4) is 0 Å². The molecule has 142 valence electrons. The average molecular weight is 427 g/mol. The van der Waals surface area contributed by atoms with Crippen LogP contribution in [0.1, 0.15) is 20.8 Å². The number of thioether (sulfide) groups is 1. The number of hydrazine groups is 1. The molecule has 0 saturated carbocycles. The van der Waals surface area contributed by atoms with Gasteiger partial charge in [0.15, 0.2) is 0 Å². The fraction of sp³-hybridized carbons (Fsp3) is 0.250. The van der Waals surface area contributed by atoms with E-state index in [4.69, 9.17) is 16.3 Å². The second kappa shape index (κ2) is 9.07. The number of hydrogen-bond donors (Lipinski definition) is 2. The van der Waals surface area contributed by atoms with E-state index >= 15 is 0 Å². The Hall–Kier alpha value is -2.30. The number of fused-ring (bicyclic) bond motifs is 1. The van der Waals surface area contributed by atoms with Crippen molar-refractivity contribution in [2.24, 2.45) is 0 Å². The highest BCUT2D eigenvalue weighted by molar-refractivity contribution is 7.98. The minimum Gasteiger partial charge on any atom is -0.447 e. The number of nitrogens with one attached hydrogen (secondary N) is 2. The number of ether oxygens (including phenoxy) is 1. The summed E-state index contributed by atoms with van der Waals surface area (Å²) in [5.74, 6) is 0.856. The lowest BCUT2D eigenvalue weighted by Crippen LogP contribution is -2.42. The molecule has 0 fully saturated rings. The fourth-order valence-electron chi connectivity index (χ4n) is 2.08. The van der Waals surface area contributed by atoms with Crippen molar-refractivity contribution in [3.8, 4) is 0 Å². The first-order chi connectivity index (χ1) is 13.0. The van der Waals surface area contributed by atoms with Gasteiger partial charge in [-0.25, -0.2) is 14.8 Å². The molecule has 2 amide bonds. The molecule has 0 bridgehead atoms.